The van der Waals surface area contributed by atoms with Crippen LogP contribution in [0.3, 0.4) is 0 Å². The van der Waals surface area contributed by atoms with E-state index in [1.165, 1.54) is 11.3 Å². The van der Waals surface area contributed by atoms with Crippen molar-refractivity contribution in [1.82, 2.24) is 9.55 Å². The molecule has 0 unspecified atom stereocenters. The van der Waals surface area contributed by atoms with Gasteiger partial charge >= 0.3 is 5.97 Å². The Morgan fingerprint density at radius 3 is 2.74 bits per heavy atom. The van der Waals surface area contributed by atoms with Crippen molar-refractivity contribution in [3.05, 3.63) is 103 Å². The molecule has 0 saturated carbocycles. The van der Waals surface area contributed by atoms with E-state index in [0.29, 0.717) is 26.4 Å². The first-order valence-corrected chi connectivity index (χ1v) is 12.0. The number of nitrogens with zero attached hydrogens (tertiary/aromatic N) is 3. The number of hydrogen-bond acceptors (Lipinski definition) is 7. The molecule has 3 heterocycles. The van der Waals surface area contributed by atoms with Crippen LogP contribution in [0, 0.1) is 0 Å². The molecular formula is C27H23N3O4S. The lowest BCUT2D eigenvalue weighted by Crippen LogP contribution is -2.40. The van der Waals surface area contributed by atoms with E-state index in [9.17, 15) is 9.59 Å². The molecular weight excluding hydrogens is 462 g/mol. The van der Waals surface area contributed by atoms with Crippen LogP contribution in [0.5, 0.6) is 5.75 Å². The predicted octanol–water partition coefficient (Wildman–Crippen LogP) is 3.36. The number of pyridine rings is 1. The van der Waals surface area contributed by atoms with Gasteiger partial charge in [-0.3, -0.25) is 14.3 Å². The highest BCUT2D eigenvalue weighted by Crippen LogP contribution is 2.40. The number of ether oxygens (including phenoxy) is 2. The van der Waals surface area contributed by atoms with Crippen LogP contribution in [0.15, 0.2) is 82.0 Å². The van der Waals surface area contributed by atoms with Gasteiger partial charge in [0.1, 0.15) is 11.8 Å². The number of methoxy groups -OCH3 is 1. The van der Waals surface area contributed by atoms with Gasteiger partial charge in [0.25, 0.3) is 5.56 Å². The first kappa shape index (κ1) is 22.7. The largest absolute Gasteiger partial charge is 0.496 e. The average molecular weight is 486 g/mol. The third-order valence-electron chi connectivity index (χ3n) is 5.92. The Labute approximate surface area is 205 Å². The van der Waals surface area contributed by atoms with Gasteiger partial charge in [-0.05, 0) is 48.4 Å². The Hall–Kier alpha value is -4.04. The predicted molar refractivity (Wildman–Crippen MR) is 135 cm³/mol. The smallest absolute Gasteiger partial charge is 0.338 e. The van der Waals surface area contributed by atoms with E-state index in [2.05, 4.69) is 9.98 Å². The Balaban J connectivity index is 1.86. The molecule has 8 heteroatoms. The van der Waals surface area contributed by atoms with Crippen LogP contribution in [0.1, 0.15) is 31.0 Å². The van der Waals surface area contributed by atoms with E-state index in [1.807, 2.05) is 48.5 Å². The number of allylic oxidation sites excluding steroid dienone is 1. The van der Waals surface area contributed by atoms with Crippen molar-refractivity contribution in [2.75, 3.05) is 13.7 Å². The summed E-state index contributed by atoms with van der Waals surface area (Å²) in [7, 11) is 1.58. The Bertz CT molecular complexity index is 1650. The maximum Gasteiger partial charge on any atom is 0.338 e. The summed E-state index contributed by atoms with van der Waals surface area (Å²) in [5.41, 5.74) is 2.11. The monoisotopic (exact) mass is 485 g/mol. The molecule has 0 fully saturated rings. The minimum Gasteiger partial charge on any atom is -0.496 e. The lowest BCUT2D eigenvalue weighted by Gasteiger charge is -2.27. The zero-order chi connectivity index (χ0) is 24.5. The Kier molecular flexibility index (Phi) is 6.05. The Morgan fingerprint density at radius 2 is 2.00 bits per heavy atom. The number of fused-ring (bicyclic) bond motifs is 2. The van der Waals surface area contributed by atoms with E-state index < -0.39 is 12.0 Å². The summed E-state index contributed by atoms with van der Waals surface area (Å²) < 4.78 is 13.3. The second-order valence-electron chi connectivity index (χ2n) is 7.99. The lowest BCUT2D eigenvalue weighted by atomic mass is 9.90. The van der Waals surface area contributed by atoms with Crippen molar-refractivity contribution in [1.29, 1.82) is 0 Å². The van der Waals surface area contributed by atoms with Crippen molar-refractivity contribution in [3.8, 4) is 5.75 Å². The van der Waals surface area contributed by atoms with Gasteiger partial charge in [0.15, 0.2) is 4.80 Å². The first-order valence-electron chi connectivity index (χ1n) is 11.2. The maximum absolute atomic E-state index is 13.8. The highest BCUT2D eigenvalue weighted by Gasteiger charge is 2.36. The molecule has 0 saturated heterocycles. The number of carbonyl (C=O) groups is 1. The lowest BCUT2D eigenvalue weighted by molar-refractivity contribution is -0.139. The van der Waals surface area contributed by atoms with Crippen molar-refractivity contribution in [3.63, 3.8) is 0 Å². The molecule has 35 heavy (non-hydrogen) atoms. The SMILES string of the molecule is CCOC(=O)C1=C(C)N=c2sc(=Cc3cccnc3)c(=O)n2[C@@H]1c1c(OC)ccc2ccccc12. The van der Waals surface area contributed by atoms with Crippen molar-refractivity contribution >= 4 is 34.2 Å². The van der Waals surface area contributed by atoms with Gasteiger partial charge in [-0.25, -0.2) is 9.79 Å². The number of carbonyl (C=O) groups excluding carboxylic acids is 1. The number of aromatic nitrogens is 2. The van der Waals surface area contributed by atoms with Crippen molar-refractivity contribution in [2.45, 2.75) is 19.9 Å². The van der Waals surface area contributed by atoms with E-state index in [4.69, 9.17) is 9.47 Å². The van der Waals surface area contributed by atoms with E-state index in [-0.39, 0.29) is 12.2 Å². The number of thiazole rings is 1. The van der Waals surface area contributed by atoms with Crippen LogP contribution in [0.4, 0.5) is 0 Å². The first-order chi connectivity index (χ1) is 17.0. The Morgan fingerprint density at radius 1 is 1.17 bits per heavy atom. The van der Waals surface area contributed by atoms with Gasteiger partial charge in [-0.1, -0.05) is 47.7 Å². The summed E-state index contributed by atoms with van der Waals surface area (Å²) >= 11 is 1.28. The molecule has 7 nitrogen and oxygen atoms in total. The molecule has 0 amide bonds. The molecule has 0 bridgehead atoms. The quantitative estimate of drug-likeness (QED) is 0.405. The van der Waals surface area contributed by atoms with Gasteiger partial charge in [-0.15, -0.1) is 0 Å². The highest BCUT2D eigenvalue weighted by molar-refractivity contribution is 7.07. The van der Waals surface area contributed by atoms with Crippen molar-refractivity contribution in [2.24, 2.45) is 4.99 Å². The fourth-order valence-electron chi connectivity index (χ4n) is 4.41. The van der Waals surface area contributed by atoms with Gasteiger partial charge in [0.05, 0.1) is 29.5 Å². The van der Waals surface area contributed by atoms with Gasteiger partial charge in [0, 0.05) is 18.0 Å². The number of esters is 1. The molecule has 0 radical (unpaired) electrons. The number of rotatable bonds is 5. The molecule has 1 atom stereocenters. The molecule has 1 aliphatic heterocycles. The summed E-state index contributed by atoms with van der Waals surface area (Å²) in [6, 6.07) is 14.6. The standard InChI is InChI=1S/C27H23N3O4S/c1-4-34-26(32)22-16(2)29-27-30(25(31)21(35-27)14-17-8-7-13-28-15-17)24(22)23-19-10-6-5-9-18(19)11-12-20(23)33-3/h5-15,24H,4H2,1-3H3/t24-/m0/s1. The fourth-order valence-corrected chi connectivity index (χ4v) is 5.46. The second-order valence-corrected chi connectivity index (χ2v) is 9.00. The molecule has 0 aliphatic carbocycles. The summed E-state index contributed by atoms with van der Waals surface area (Å²) in [6.45, 7) is 3.74. The minimum atomic E-state index is -0.762. The molecule has 2 aromatic heterocycles. The minimum absolute atomic E-state index is 0.209. The summed E-state index contributed by atoms with van der Waals surface area (Å²) in [6.07, 6.45) is 5.16. The van der Waals surface area contributed by atoms with Crippen LogP contribution >= 0.6 is 11.3 Å². The van der Waals surface area contributed by atoms with Gasteiger partial charge in [-0.2, -0.15) is 0 Å². The third kappa shape index (κ3) is 3.95. The van der Waals surface area contributed by atoms with Crippen LogP contribution in [0.2, 0.25) is 0 Å². The van der Waals surface area contributed by atoms with Crippen LogP contribution in [0.25, 0.3) is 16.8 Å². The maximum atomic E-state index is 13.8. The van der Waals surface area contributed by atoms with E-state index in [1.54, 1.807) is 44.0 Å². The molecule has 0 spiro atoms. The molecule has 5 rings (SSSR count). The average Bonchev–Trinajstić information content (AvgIpc) is 3.17. The van der Waals surface area contributed by atoms with Crippen molar-refractivity contribution < 1.29 is 14.3 Å². The third-order valence-corrected chi connectivity index (χ3v) is 6.91. The van der Waals surface area contributed by atoms with E-state index >= 15 is 0 Å². The molecule has 1 aliphatic rings. The zero-order valence-electron chi connectivity index (χ0n) is 19.5. The summed E-state index contributed by atoms with van der Waals surface area (Å²) in [4.78, 5) is 36.3. The molecule has 2 aromatic carbocycles. The number of benzene rings is 2. The summed E-state index contributed by atoms with van der Waals surface area (Å²) in [5.74, 6) is 0.0716. The van der Waals surface area contributed by atoms with E-state index in [0.717, 1.165) is 21.9 Å². The highest BCUT2D eigenvalue weighted by atomic mass is 32.1. The van der Waals surface area contributed by atoms with Gasteiger partial charge < -0.3 is 9.47 Å². The van der Waals surface area contributed by atoms with Gasteiger partial charge in [0.2, 0.25) is 0 Å². The van der Waals surface area contributed by atoms with Crippen LogP contribution in [-0.4, -0.2) is 29.2 Å². The van der Waals surface area contributed by atoms with Crippen LogP contribution in [-0.2, 0) is 9.53 Å². The molecule has 0 N–H and O–H groups in total. The van der Waals surface area contributed by atoms with Crippen LogP contribution < -0.4 is 19.6 Å². The topological polar surface area (TPSA) is 82.8 Å². The zero-order valence-corrected chi connectivity index (χ0v) is 20.3. The normalized spacial score (nSPS) is 15.6. The number of hydrogen-bond donors (Lipinski definition) is 0. The second kappa shape index (κ2) is 9.31. The summed E-state index contributed by atoms with van der Waals surface area (Å²) in [5, 5.41) is 1.86. The molecule has 4 aromatic rings. The molecule has 176 valence electrons. The fraction of sp³-hybridized carbons (Fsp3) is 0.185.